The molecule has 1 saturated heterocycles. The molecule has 0 saturated carbocycles. The maximum absolute atomic E-state index is 16.0. The Bertz CT molecular complexity index is 1380. The summed E-state index contributed by atoms with van der Waals surface area (Å²) in [5.41, 5.74) is 0.0943. The predicted molar refractivity (Wildman–Crippen MR) is 148 cm³/mol. The third-order valence-electron chi connectivity index (χ3n) is 8.08. The Balaban J connectivity index is 1.77. The van der Waals surface area contributed by atoms with Crippen molar-refractivity contribution in [1.29, 1.82) is 0 Å². The largest absolute Gasteiger partial charge is 0.494 e. The molecule has 3 unspecified atom stereocenters. The molecule has 206 valence electrons. The summed E-state index contributed by atoms with van der Waals surface area (Å²) in [7, 11) is 1.46. The molecule has 1 aliphatic carbocycles. The number of hydrogen-bond acceptors (Lipinski definition) is 5. The average molecular weight is 574 g/mol. The van der Waals surface area contributed by atoms with Crippen LogP contribution in [0.15, 0.2) is 65.5 Å². The number of benzene rings is 2. The SMILES string of the molecule is CCOc1cccc(CN2C(O)[C@@H](C(=O)NC)[C@H](C3C(F)=C(Cl)C=CC3C)[C@]23C(=O)Nc2cc(Cl)ccc23)c1. The number of carbonyl (C=O) groups excluding carboxylic acids is 2. The van der Waals surface area contributed by atoms with Crippen molar-refractivity contribution in [3.05, 3.63) is 81.6 Å². The van der Waals surface area contributed by atoms with Gasteiger partial charge in [0.05, 0.1) is 17.6 Å². The number of fused-ring (bicyclic) bond motifs is 2. The predicted octanol–water partition coefficient (Wildman–Crippen LogP) is 4.94. The van der Waals surface area contributed by atoms with E-state index in [-0.39, 0.29) is 11.6 Å². The minimum atomic E-state index is -1.61. The maximum Gasteiger partial charge on any atom is 0.250 e. The van der Waals surface area contributed by atoms with Gasteiger partial charge in [0.2, 0.25) is 11.8 Å². The van der Waals surface area contributed by atoms with Crippen molar-refractivity contribution >= 4 is 40.7 Å². The van der Waals surface area contributed by atoms with E-state index in [9.17, 15) is 14.7 Å². The summed E-state index contributed by atoms with van der Waals surface area (Å²) in [5, 5.41) is 17.7. The summed E-state index contributed by atoms with van der Waals surface area (Å²) in [4.78, 5) is 29.3. The second-order valence-corrected chi connectivity index (χ2v) is 11.0. The minimum Gasteiger partial charge on any atom is -0.494 e. The van der Waals surface area contributed by atoms with E-state index in [0.717, 1.165) is 5.56 Å². The van der Waals surface area contributed by atoms with Crippen LogP contribution in [0.3, 0.4) is 0 Å². The number of anilines is 1. The highest BCUT2D eigenvalue weighted by Gasteiger charge is 2.70. The molecule has 3 aliphatic rings. The molecule has 7 nitrogen and oxygen atoms in total. The van der Waals surface area contributed by atoms with Crippen LogP contribution in [-0.2, 0) is 21.7 Å². The number of carbonyl (C=O) groups is 2. The number of halogens is 3. The quantitative estimate of drug-likeness (QED) is 0.455. The Morgan fingerprint density at radius 1 is 1.26 bits per heavy atom. The van der Waals surface area contributed by atoms with Crippen molar-refractivity contribution < 1.29 is 23.8 Å². The highest BCUT2D eigenvalue weighted by molar-refractivity contribution is 6.31. The average Bonchev–Trinajstić information content (AvgIpc) is 3.32. The summed E-state index contributed by atoms with van der Waals surface area (Å²) >= 11 is 12.6. The summed E-state index contributed by atoms with van der Waals surface area (Å²) in [6.45, 7) is 4.24. The summed E-state index contributed by atoms with van der Waals surface area (Å²) in [6.07, 6.45) is 1.83. The number of ether oxygens (including phenoxy) is 1. The monoisotopic (exact) mass is 573 g/mol. The van der Waals surface area contributed by atoms with Crippen molar-refractivity contribution in [2.24, 2.45) is 23.7 Å². The van der Waals surface area contributed by atoms with Gasteiger partial charge in [0.15, 0.2) is 0 Å². The number of amides is 2. The Labute approximate surface area is 236 Å². The van der Waals surface area contributed by atoms with Crippen LogP contribution in [0, 0.1) is 23.7 Å². The first-order valence-electron chi connectivity index (χ1n) is 12.9. The van der Waals surface area contributed by atoms with Crippen molar-refractivity contribution in [3.63, 3.8) is 0 Å². The van der Waals surface area contributed by atoms with Gasteiger partial charge in [-0.25, -0.2) is 4.39 Å². The lowest BCUT2D eigenvalue weighted by Crippen LogP contribution is -2.54. The highest BCUT2D eigenvalue weighted by atomic mass is 35.5. The molecule has 2 aliphatic heterocycles. The van der Waals surface area contributed by atoms with Crippen molar-refractivity contribution in [2.45, 2.75) is 32.2 Å². The number of hydrogen-bond donors (Lipinski definition) is 3. The van der Waals surface area contributed by atoms with E-state index < -0.39 is 53.1 Å². The zero-order valence-electron chi connectivity index (χ0n) is 21.8. The van der Waals surface area contributed by atoms with Crippen molar-refractivity contribution in [1.82, 2.24) is 10.2 Å². The second-order valence-electron chi connectivity index (χ2n) is 10.1. The van der Waals surface area contributed by atoms with Gasteiger partial charge in [-0.3, -0.25) is 14.5 Å². The molecule has 5 rings (SSSR count). The number of allylic oxidation sites excluding steroid dienone is 4. The number of aliphatic hydroxyl groups is 1. The van der Waals surface area contributed by atoms with Crippen LogP contribution in [0.2, 0.25) is 5.02 Å². The zero-order chi connectivity index (χ0) is 28.1. The second kappa shape index (κ2) is 10.6. The van der Waals surface area contributed by atoms with Gasteiger partial charge in [0, 0.05) is 41.7 Å². The molecule has 39 heavy (non-hydrogen) atoms. The Morgan fingerprint density at radius 3 is 2.74 bits per heavy atom. The molecular weight excluding hydrogens is 544 g/mol. The fraction of sp³-hybridized carbons (Fsp3) is 0.379. The smallest absolute Gasteiger partial charge is 0.250 e. The first-order chi connectivity index (χ1) is 18.6. The number of likely N-dealkylation sites (tertiary alicyclic amines) is 1. The van der Waals surface area contributed by atoms with Crippen LogP contribution in [-0.4, -0.2) is 41.7 Å². The van der Waals surface area contributed by atoms with Crippen LogP contribution >= 0.6 is 23.2 Å². The Morgan fingerprint density at radius 2 is 2.03 bits per heavy atom. The molecule has 2 heterocycles. The van der Waals surface area contributed by atoms with Gasteiger partial charge in [-0.2, -0.15) is 0 Å². The van der Waals surface area contributed by atoms with Gasteiger partial charge in [0.1, 0.15) is 23.3 Å². The van der Waals surface area contributed by atoms with E-state index in [1.54, 1.807) is 29.2 Å². The third kappa shape index (κ3) is 4.34. The van der Waals surface area contributed by atoms with Crippen LogP contribution in [0.1, 0.15) is 25.0 Å². The van der Waals surface area contributed by atoms with Gasteiger partial charge < -0.3 is 20.5 Å². The molecule has 1 spiro atoms. The van der Waals surface area contributed by atoms with Gasteiger partial charge >= 0.3 is 0 Å². The molecule has 6 atom stereocenters. The standard InChI is InChI=1S/C29H30Cl2FN3O4/c1-4-39-18-7-5-6-16(12-18)14-35-27(37)23(26(36)33-3)24(22-15(2)8-11-20(31)25(22)32)29(35)19-10-9-17(30)13-21(19)34-28(29)38/h5-13,15,22-24,27,37H,4,14H2,1-3H3,(H,33,36)(H,34,38)/t15?,22?,23-,24+,27?,29-/m1/s1. The number of nitrogens with one attached hydrogen (secondary N) is 2. The van der Waals surface area contributed by atoms with E-state index in [4.69, 9.17) is 27.9 Å². The van der Waals surface area contributed by atoms with Crippen LogP contribution in [0.4, 0.5) is 10.1 Å². The Hall–Kier alpha value is -2.91. The number of aliphatic hydroxyl groups excluding tert-OH is 1. The van der Waals surface area contributed by atoms with Gasteiger partial charge in [0.25, 0.3) is 0 Å². The van der Waals surface area contributed by atoms with Gasteiger partial charge in [-0.15, -0.1) is 0 Å². The number of rotatable bonds is 6. The lowest BCUT2D eigenvalue weighted by molar-refractivity contribution is -0.135. The minimum absolute atomic E-state index is 0.0809. The molecule has 0 radical (unpaired) electrons. The fourth-order valence-corrected chi connectivity index (χ4v) is 6.89. The normalized spacial score (nSPS) is 30.0. The molecule has 10 heteroatoms. The van der Waals surface area contributed by atoms with E-state index in [0.29, 0.717) is 28.6 Å². The maximum atomic E-state index is 16.0. The first kappa shape index (κ1) is 27.6. The Kier molecular flexibility index (Phi) is 7.50. The lowest BCUT2D eigenvalue weighted by atomic mass is 9.64. The molecule has 0 aromatic heterocycles. The number of nitrogens with zero attached hydrogens (tertiary/aromatic N) is 1. The molecule has 3 N–H and O–H groups in total. The van der Waals surface area contributed by atoms with Crippen LogP contribution in [0.25, 0.3) is 0 Å². The van der Waals surface area contributed by atoms with E-state index in [2.05, 4.69) is 10.6 Å². The first-order valence-corrected chi connectivity index (χ1v) is 13.6. The summed E-state index contributed by atoms with van der Waals surface area (Å²) in [5.74, 6) is -4.52. The molecule has 2 aromatic carbocycles. The van der Waals surface area contributed by atoms with Crippen molar-refractivity contribution in [2.75, 3.05) is 19.0 Å². The molecule has 2 aromatic rings. The van der Waals surface area contributed by atoms with Crippen molar-refractivity contribution in [3.8, 4) is 5.75 Å². The van der Waals surface area contributed by atoms with Gasteiger partial charge in [-0.1, -0.05) is 54.4 Å². The lowest BCUT2D eigenvalue weighted by Gasteiger charge is -2.43. The fourth-order valence-electron chi connectivity index (χ4n) is 6.52. The van der Waals surface area contributed by atoms with E-state index in [1.807, 2.05) is 38.1 Å². The topological polar surface area (TPSA) is 90.9 Å². The third-order valence-corrected chi connectivity index (χ3v) is 8.62. The molecule has 1 fully saturated rings. The van der Waals surface area contributed by atoms with E-state index >= 15 is 4.39 Å². The zero-order valence-corrected chi connectivity index (χ0v) is 23.3. The summed E-state index contributed by atoms with van der Waals surface area (Å²) in [6, 6.07) is 12.3. The summed E-state index contributed by atoms with van der Waals surface area (Å²) < 4.78 is 21.7. The molecule has 0 bridgehead atoms. The van der Waals surface area contributed by atoms with E-state index in [1.165, 1.54) is 13.1 Å². The van der Waals surface area contributed by atoms with Crippen LogP contribution in [0.5, 0.6) is 5.75 Å². The van der Waals surface area contributed by atoms with Gasteiger partial charge in [-0.05, 0) is 48.7 Å². The molecular formula is C29H30Cl2FN3O4. The molecule has 2 amide bonds. The highest BCUT2D eigenvalue weighted by Crippen LogP contribution is 2.61. The van der Waals surface area contributed by atoms with Crippen LogP contribution < -0.4 is 15.4 Å².